The van der Waals surface area contributed by atoms with E-state index in [1.54, 1.807) is 26.0 Å². The molecule has 0 saturated carbocycles. The number of hydrogen-bond donors (Lipinski definition) is 2. The van der Waals surface area contributed by atoms with Crippen LogP contribution >= 0.6 is 0 Å². The number of non-ortho nitro benzene ring substituents is 1. The first-order valence-electron chi connectivity index (χ1n) is 6.40. The zero-order valence-corrected chi connectivity index (χ0v) is 11.7. The molecule has 0 aliphatic rings. The van der Waals surface area contributed by atoms with Crippen LogP contribution in [0.3, 0.4) is 0 Å². The molecular weight excluding hydrogens is 274 g/mol. The maximum atomic E-state index is 11.1. The summed E-state index contributed by atoms with van der Waals surface area (Å²) < 4.78 is 0. The van der Waals surface area contributed by atoms with Crippen LogP contribution in [-0.4, -0.2) is 27.0 Å². The highest BCUT2D eigenvalue weighted by molar-refractivity contribution is 5.99. The summed E-state index contributed by atoms with van der Waals surface area (Å²) in [6.45, 7) is 3.54. The van der Waals surface area contributed by atoms with Gasteiger partial charge in [-0.2, -0.15) is 0 Å². The van der Waals surface area contributed by atoms with Crippen LogP contribution in [0.25, 0.3) is 10.8 Å². The van der Waals surface area contributed by atoms with E-state index < -0.39 is 10.9 Å². The van der Waals surface area contributed by atoms with Gasteiger partial charge in [-0.05, 0) is 26.0 Å². The second kappa shape index (κ2) is 5.74. The number of pyridine rings is 1. The molecule has 1 aromatic carbocycles. The highest BCUT2D eigenvalue weighted by Gasteiger charge is 2.16. The first kappa shape index (κ1) is 14.7. The van der Waals surface area contributed by atoms with Gasteiger partial charge in [0.15, 0.2) is 0 Å². The molecule has 2 aromatic rings. The van der Waals surface area contributed by atoms with Crippen molar-refractivity contribution in [2.75, 3.05) is 5.32 Å². The molecule has 0 aliphatic carbocycles. The number of aliphatic carboxylic acids is 1. The molecule has 0 bridgehead atoms. The van der Waals surface area contributed by atoms with Crippen molar-refractivity contribution in [3.63, 3.8) is 0 Å². The number of fused-ring (bicyclic) bond motifs is 1. The van der Waals surface area contributed by atoms with Crippen molar-refractivity contribution in [3.8, 4) is 0 Å². The topological polar surface area (TPSA) is 105 Å². The van der Waals surface area contributed by atoms with Crippen molar-refractivity contribution in [1.29, 1.82) is 0 Å². The molecule has 0 fully saturated rings. The van der Waals surface area contributed by atoms with E-state index in [2.05, 4.69) is 10.3 Å². The lowest BCUT2D eigenvalue weighted by Crippen LogP contribution is -2.19. The second-order valence-corrected chi connectivity index (χ2v) is 4.90. The fraction of sp³-hybridized carbons (Fsp3) is 0.286. The minimum Gasteiger partial charge on any atom is -0.481 e. The van der Waals surface area contributed by atoms with E-state index in [0.29, 0.717) is 16.5 Å². The van der Waals surface area contributed by atoms with Crippen molar-refractivity contribution in [1.82, 2.24) is 4.98 Å². The molecule has 21 heavy (non-hydrogen) atoms. The number of nitro benzene ring substituents is 1. The Bertz CT molecular complexity index is 715. The maximum Gasteiger partial charge on any atom is 0.305 e. The van der Waals surface area contributed by atoms with Crippen LogP contribution in [0.5, 0.6) is 0 Å². The van der Waals surface area contributed by atoms with Gasteiger partial charge in [0.05, 0.1) is 16.7 Å². The maximum absolute atomic E-state index is 11.1. The molecule has 1 aromatic heterocycles. The largest absolute Gasteiger partial charge is 0.481 e. The van der Waals surface area contributed by atoms with Crippen LogP contribution in [-0.2, 0) is 4.79 Å². The van der Waals surface area contributed by atoms with E-state index in [1.807, 2.05) is 0 Å². The number of aryl methyl sites for hydroxylation is 1. The number of carboxylic acids is 1. The molecule has 1 unspecified atom stereocenters. The number of carbonyl (C=O) groups is 1. The van der Waals surface area contributed by atoms with Gasteiger partial charge in [-0.15, -0.1) is 0 Å². The molecule has 7 nitrogen and oxygen atoms in total. The Labute approximate surface area is 120 Å². The van der Waals surface area contributed by atoms with Gasteiger partial charge in [0.2, 0.25) is 0 Å². The number of carboxylic acid groups (broad SMARTS) is 1. The second-order valence-electron chi connectivity index (χ2n) is 4.90. The van der Waals surface area contributed by atoms with Gasteiger partial charge in [0.25, 0.3) is 5.69 Å². The Kier molecular flexibility index (Phi) is 4.02. The number of nitrogens with one attached hydrogen (secondary N) is 1. The highest BCUT2D eigenvalue weighted by Crippen LogP contribution is 2.31. The predicted octanol–water partition coefficient (Wildman–Crippen LogP) is 2.73. The van der Waals surface area contributed by atoms with Gasteiger partial charge < -0.3 is 10.4 Å². The van der Waals surface area contributed by atoms with Crippen molar-refractivity contribution in [3.05, 3.63) is 40.2 Å². The minimum atomic E-state index is -0.904. The summed E-state index contributed by atoms with van der Waals surface area (Å²) in [5.41, 5.74) is 1.38. The Hall–Kier alpha value is -2.70. The van der Waals surface area contributed by atoms with Gasteiger partial charge in [0, 0.05) is 35.1 Å². The Balaban J connectivity index is 2.49. The number of nitro groups is 1. The first-order chi connectivity index (χ1) is 9.88. The number of aromatic nitrogens is 1. The van der Waals surface area contributed by atoms with E-state index >= 15 is 0 Å². The van der Waals surface area contributed by atoms with Crippen molar-refractivity contribution in [2.24, 2.45) is 0 Å². The van der Waals surface area contributed by atoms with Crippen molar-refractivity contribution >= 4 is 28.1 Å². The Morgan fingerprint density at radius 3 is 2.81 bits per heavy atom. The molecule has 0 amide bonds. The van der Waals surface area contributed by atoms with E-state index in [1.165, 1.54) is 12.3 Å². The standard InChI is InChI=1S/C14H15N3O4/c1-8-5-10-11(7-15-8)13(17(20)21)4-3-12(10)16-9(2)6-14(18)19/h3-5,7,9,16H,6H2,1-2H3,(H,18,19). The molecule has 1 heterocycles. The number of rotatable bonds is 5. The minimum absolute atomic E-state index is 0.0195. The SMILES string of the molecule is Cc1cc2c(NC(C)CC(=O)O)ccc([N+](=O)[O-])c2cn1. The third-order valence-electron chi connectivity index (χ3n) is 3.09. The molecule has 2 rings (SSSR count). The molecule has 0 saturated heterocycles. The van der Waals surface area contributed by atoms with E-state index in [4.69, 9.17) is 5.11 Å². The summed E-state index contributed by atoms with van der Waals surface area (Å²) in [6.07, 6.45) is 1.43. The zero-order chi connectivity index (χ0) is 15.6. The van der Waals surface area contributed by atoms with Crippen LogP contribution < -0.4 is 5.32 Å². The quantitative estimate of drug-likeness (QED) is 0.647. The summed E-state index contributed by atoms with van der Waals surface area (Å²) in [5, 5.41) is 24.0. The van der Waals surface area contributed by atoms with Crippen molar-refractivity contribution in [2.45, 2.75) is 26.3 Å². The number of nitrogens with zero attached hydrogens (tertiary/aromatic N) is 2. The lowest BCUT2D eigenvalue weighted by Gasteiger charge is -2.15. The van der Waals surface area contributed by atoms with E-state index in [-0.39, 0.29) is 18.2 Å². The average Bonchev–Trinajstić information content (AvgIpc) is 2.37. The molecule has 1 atom stereocenters. The first-order valence-corrected chi connectivity index (χ1v) is 6.40. The smallest absolute Gasteiger partial charge is 0.305 e. The van der Waals surface area contributed by atoms with Gasteiger partial charge >= 0.3 is 5.97 Å². The van der Waals surface area contributed by atoms with E-state index in [0.717, 1.165) is 5.69 Å². The lowest BCUT2D eigenvalue weighted by molar-refractivity contribution is -0.383. The third-order valence-corrected chi connectivity index (χ3v) is 3.09. The number of anilines is 1. The summed E-state index contributed by atoms with van der Waals surface area (Å²) >= 11 is 0. The molecule has 7 heteroatoms. The molecule has 2 N–H and O–H groups in total. The number of benzene rings is 1. The van der Waals surface area contributed by atoms with Crippen LogP contribution in [0, 0.1) is 17.0 Å². The van der Waals surface area contributed by atoms with E-state index in [9.17, 15) is 14.9 Å². The van der Waals surface area contributed by atoms with Gasteiger partial charge in [-0.25, -0.2) is 0 Å². The van der Waals surface area contributed by atoms with Crippen LogP contribution in [0.4, 0.5) is 11.4 Å². The fourth-order valence-corrected chi connectivity index (χ4v) is 2.19. The van der Waals surface area contributed by atoms with Crippen molar-refractivity contribution < 1.29 is 14.8 Å². The normalized spacial score (nSPS) is 12.1. The van der Waals surface area contributed by atoms with Gasteiger partial charge in [-0.1, -0.05) is 0 Å². The van der Waals surface area contributed by atoms with Crippen LogP contribution in [0.15, 0.2) is 24.4 Å². The predicted molar refractivity (Wildman–Crippen MR) is 78.5 cm³/mol. The molecule has 110 valence electrons. The summed E-state index contributed by atoms with van der Waals surface area (Å²) in [4.78, 5) is 25.4. The van der Waals surface area contributed by atoms with Gasteiger partial charge in [0.1, 0.15) is 0 Å². The monoisotopic (exact) mass is 289 g/mol. The Morgan fingerprint density at radius 1 is 1.48 bits per heavy atom. The molecule has 0 radical (unpaired) electrons. The van der Waals surface area contributed by atoms with Crippen LogP contribution in [0.2, 0.25) is 0 Å². The summed E-state index contributed by atoms with van der Waals surface area (Å²) in [6, 6.07) is 4.45. The lowest BCUT2D eigenvalue weighted by atomic mass is 10.1. The fourth-order valence-electron chi connectivity index (χ4n) is 2.19. The summed E-state index contributed by atoms with van der Waals surface area (Å²) in [5.74, 6) is -0.904. The highest BCUT2D eigenvalue weighted by atomic mass is 16.6. The third kappa shape index (κ3) is 3.25. The Morgan fingerprint density at radius 2 is 2.19 bits per heavy atom. The zero-order valence-electron chi connectivity index (χ0n) is 11.7. The molecule has 0 aliphatic heterocycles. The van der Waals surface area contributed by atoms with Gasteiger partial charge in [-0.3, -0.25) is 19.9 Å². The molecular formula is C14H15N3O4. The summed E-state index contributed by atoms with van der Waals surface area (Å²) in [7, 11) is 0. The average molecular weight is 289 g/mol. The number of hydrogen-bond acceptors (Lipinski definition) is 5. The molecule has 0 spiro atoms. The van der Waals surface area contributed by atoms with Crippen LogP contribution in [0.1, 0.15) is 19.0 Å².